The number of benzene rings is 1. The second kappa shape index (κ2) is 3.07. The van der Waals surface area contributed by atoms with E-state index in [9.17, 15) is 0 Å². The maximum Gasteiger partial charge on any atom is 0.128 e. The molecule has 2 nitrogen and oxygen atoms in total. The summed E-state index contributed by atoms with van der Waals surface area (Å²) in [5, 5.41) is 0.538. The minimum atomic E-state index is 0.482. The van der Waals surface area contributed by atoms with Crippen LogP contribution in [0.15, 0.2) is 34.3 Å². The molecule has 1 aliphatic heterocycles. The first-order valence-electron chi connectivity index (χ1n) is 3.68. The van der Waals surface area contributed by atoms with Crippen LogP contribution in [-0.2, 0) is 0 Å². The Kier molecular flexibility index (Phi) is 1.92. The molecule has 1 aliphatic rings. The van der Waals surface area contributed by atoms with Crippen molar-refractivity contribution in [1.29, 1.82) is 0 Å². The molecule has 12 heavy (non-hydrogen) atoms. The van der Waals surface area contributed by atoms with E-state index in [1.807, 2.05) is 24.3 Å². The van der Waals surface area contributed by atoms with Gasteiger partial charge >= 0.3 is 0 Å². The zero-order valence-corrected chi connectivity index (χ0v) is 7.12. The Morgan fingerprint density at radius 3 is 3.00 bits per heavy atom. The number of nitrogens with zero attached hydrogens (tertiary/aromatic N) is 2. The summed E-state index contributed by atoms with van der Waals surface area (Å²) in [5.74, 6) is 0. The van der Waals surface area contributed by atoms with E-state index in [1.54, 1.807) is 6.21 Å². The Morgan fingerprint density at radius 1 is 1.25 bits per heavy atom. The summed E-state index contributed by atoms with van der Waals surface area (Å²) in [7, 11) is 0. The molecule has 3 heteroatoms. The number of hydrogen-bond donors (Lipinski definition) is 0. The van der Waals surface area contributed by atoms with E-state index < -0.39 is 0 Å². The predicted molar refractivity (Wildman–Crippen MR) is 51.9 cm³/mol. The molecule has 1 aromatic carbocycles. The molecular formula is C9H7ClN2. The highest BCUT2D eigenvalue weighted by molar-refractivity contribution is 6.66. The van der Waals surface area contributed by atoms with Gasteiger partial charge in [0.15, 0.2) is 0 Å². The van der Waals surface area contributed by atoms with Crippen LogP contribution in [0.1, 0.15) is 5.56 Å². The summed E-state index contributed by atoms with van der Waals surface area (Å²) in [6.45, 7) is 0.482. The Bertz CT molecular complexity index is 355. The lowest BCUT2D eigenvalue weighted by Gasteiger charge is -1.95. The van der Waals surface area contributed by atoms with Crippen LogP contribution in [0.2, 0.25) is 0 Å². The Balaban J connectivity index is 2.58. The van der Waals surface area contributed by atoms with Gasteiger partial charge in [-0.05, 0) is 6.07 Å². The van der Waals surface area contributed by atoms with E-state index >= 15 is 0 Å². The fourth-order valence-corrected chi connectivity index (χ4v) is 1.24. The molecule has 2 rings (SSSR count). The molecular weight excluding hydrogens is 172 g/mol. The van der Waals surface area contributed by atoms with Crippen LogP contribution in [0.4, 0.5) is 5.69 Å². The van der Waals surface area contributed by atoms with Crippen LogP contribution in [0, 0.1) is 0 Å². The van der Waals surface area contributed by atoms with Crippen molar-refractivity contribution in [2.75, 3.05) is 6.54 Å². The second-order valence-corrected chi connectivity index (χ2v) is 2.95. The van der Waals surface area contributed by atoms with Crippen molar-refractivity contribution in [3.8, 4) is 0 Å². The SMILES string of the molecule is ClC1=Nc2ccccc2C=NC1. The molecule has 0 unspecified atom stereocenters. The normalized spacial score (nSPS) is 14.9. The third-order valence-corrected chi connectivity index (χ3v) is 1.83. The molecule has 0 bridgehead atoms. The van der Waals surface area contributed by atoms with Crippen molar-refractivity contribution in [3.63, 3.8) is 0 Å². The lowest BCUT2D eigenvalue weighted by Crippen LogP contribution is -1.89. The first-order chi connectivity index (χ1) is 5.86. The summed E-state index contributed by atoms with van der Waals surface area (Å²) in [6, 6.07) is 7.79. The maximum absolute atomic E-state index is 5.79. The average molecular weight is 179 g/mol. The lowest BCUT2D eigenvalue weighted by molar-refractivity contribution is 1.33. The number of para-hydroxylation sites is 1. The van der Waals surface area contributed by atoms with E-state index in [0.717, 1.165) is 11.3 Å². The Labute approximate surface area is 75.6 Å². The lowest BCUT2D eigenvalue weighted by atomic mass is 10.2. The molecule has 60 valence electrons. The number of aliphatic imine (C=N–C) groups is 2. The van der Waals surface area contributed by atoms with E-state index in [-0.39, 0.29) is 0 Å². The van der Waals surface area contributed by atoms with Crippen LogP contribution < -0.4 is 0 Å². The Morgan fingerprint density at radius 2 is 2.08 bits per heavy atom. The summed E-state index contributed by atoms with van der Waals surface area (Å²) >= 11 is 5.79. The van der Waals surface area contributed by atoms with Crippen LogP contribution in [0.25, 0.3) is 0 Å². The van der Waals surface area contributed by atoms with Crippen LogP contribution in [0.3, 0.4) is 0 Å². The second-order valence-electron chi connectivity index (χ2n) is 2.52. The van der Waals surface area contributed by atoms with Gasteiger partial charge in [0.1, 0.15) is 5.17 Å². The van der Waals surface area contributed by atoms with E-state index in [4.69, 9.17) is 11.6 Å². The van der Waals surface area contributed by atoms with Gasteiger partial charge in [-0.25, -0.2) is 4.99 Å². The van der Waals surface area contributed by atoms with Gasteiger partial charge in [0, 0.05) is 11.8 Å². The minimum Gasteiger partial charge on any atom is -0.285 e. The van der Waals surface area contributed by atoms with Gasteiger partial charge in [0.05, 0.1) is 12.2 Å². The van der Waals surface area contributed by atoms with Gasteiger partial charge in [-0.1, -0.05) is 29.8 Å². The van der Waals surface area contributed by atoms with Gasteiger partial charge in [0.2, 0.25) is 0 Å². The summed E-state index contributed by atoms with van der Waals surface area (Å²) in [6.07, 6.45) is 1.80. The predicted octanol–water partition coefficient (Wildman–Crippen LogP) is 2.39. The highest BCUT2D eigenvalue weighted by atomic mass is 35.5. The van der Waals surface area contributed by atoms with Crippen molar-refractivity contribution in [1.82, 2.24) is 0 Å². The fourth-order valence-electron chi connectivity index (χ4n) is 1.08. The molecule has 0 amide bonds. The van der Waals surface area contributed by atoms with Crippen molar-refractivity contribution in [2.45, 2.75) is 0 Å². The number of halogens is 1. The molecule has 1 heterocycles. The molecule has 1 aromatic rings. The quantitative estimate of drug-likeness (QED) is 0.583. The van der Waals surface area contributed by atoms with Gasteiger partial charge in [-0.15, -0.1) is 0 Å². The highest BCUT2D eigenvalue weighted by Gasteiger charge is 2.02. The van der Waals surface area contributed by atoms with E-state index in [0.29, 0.717) is 11.7 Å². The third kappa shape index (κ3) is 1.38. The van der Waals surface area contributed by atoms with Crippen molar-refractivity contribution >= 4 is 28.7 Å². The van der Waals surface area contributed by atoms with Gasteiger partial charge in [-0.2, -0.15) is 0 Å². The molecule has 0 saturated carbocycles. The fraction of sp³-hybridized carbons (Fsp3) is 0.111. The molecule has 0 fully saturated rings. The first-order valence-corrected chi connectivity index (χ1v) is 4.06. The van der Waals surface area contributed by atoms with Crippen LogP contribution >= 0.6 is 11.6 Å². The minimum absolute atomic E-state index is 0.482. The van der Waals surface area contributed by atoms with E-state index in [1.165, 1.54) is 0 Å². The summed E-state index contributed by atoms with van der Waals surface area (Å²) in [4.78, 5) is 8.30. The number of fused-ring (bicyclic) bond motifs is 1. The highest BCUT2D eigenvalue weighted by Crippen LogP contribution is 2.19. The van der Waals surface area contributed by atoms with Gasteiger partial charge in [0.25, 0.3) is 0 Å². The summed E-state index contributed by atoms with van der Waals surface area (Å²) in [5.41, 5.74) is 1.91. The standard InChI is InChI=1S/C9H7ClN2/c10-9-6-11-5-7-3-1-2-4-8(7)12-9/h1-5H,6H2. The zero-order valence-electron chi connectivity index (χ0n) is 6.37. The van der Waals surface area contributed by atoms with Gasteiger partial charge in [-0.3, -0.25) is 4.99 Å². The zero-order chi connectivity index (χ0) is 8.39. The number of hydrogen-bond acceptors (Lipinski definition) is 2. The van der Waals surface area contributed by atoms with Crippen LogP contribution in [-0.4, -0.2) is 17.9 Å². The van der Waals surface area contributed by atoms with Crippen molar-refractivity contribution < 1.29 is 0 Å². The number of rotatable bonds is 0. The van der Waals surface area contributed by atoms with Crippen molar-refractivity contribution in [3.05, 3.63) is 29.8 Å². The molecule has 0 radical (unpaired) electrons. The monoisotopic (exact) mass is 178 g/mol. The Hall–Kier alpha value is -1.15. The maximum atomic E-state index is 5.79. The molecule has 0 N–H and O–H groups in total. The van der Waals surface area contributed by atoms with Crippen molar-refractivity contribution in [2.24, 2.45) is 9.98 Å². The topological polar surface area (TPSA) is 24.7 Å². The largest absolute Gasteiger partial charge is 0.285 e. The molecule has 0 aromatic heterocycles. The molecule has 0 saturated heterocycles. The summed E-state index contributed by atoms with van der Waals surface area (Å²) < 4.78 is 0. The molecule has 0 spiro atoms. The smallest absolute Gasteiger partial charge is 0.128 e. The van der Waals surface area contributed by atoms with Gasteiger partial charge < -0.3 is 0 Å². The van der Waals surface area contributed by atoms with Crippen LogP contribution in [0.5, 0.6) is 0 Å². The molecule has 0 atom stereocenters. The first kappa shape index (κ1) is 7.50. The average Bonchev–Trinajstić information content (AvgIpc) is 2.25. The molecule has 0 aliphatic carbocycles. The van der Waals surface area contributed by atoms with E-state index in [2.05, 4.69) is 9.98 Å². The third-order valence-electron chi connectivity index (χ3n) is 1.63.